The lowest BCUT2D eigenvalue weighted by Gasteiger charge is -2.10. The Kier molecular flexibility index (Phi) is 4.69. The number of aliphatic hydroxyl groups excluding tert-OH is 1. The van der Waals surface area contributed by atoms with Crippen molar-refractivity contribution in [2.45, 2.75) is 26.4 Å². The molecule has 0 spiro atoms. The third kappa shape index (κ3) is 3.34. The summed E-state index contributed by atoms with van der Waals surface area (Å²) in [6.45, 7) is 4.07. The van der Waals surface area contributed by atoms with Crippen LogP contribution in [0, 0.1) is 13.8 Å². The molecule has 0 saturated carbocycles. The van der Waals surface area contributed by atoms with E-state index in [9.17, 15) is 9.90 Å². The number of aryl methyl sites for hydroxylation is 2. The highest BCUT2D eigenvalue weighted by Crippen LogP contribution is 2.29. The van der Waals surface area contributed by atoms with Crippen molar-refractivity contribution >= 4 is 27.3 Å². The first-order valence-electron chi connectivity index (χ1n) is 7.88. The molecule has 1 amide bonds. The van der Waals surface area contributed by atoms with Crippen LogP contribution in [0.3, 0.4) is 0 Å². The molecule has 0 fully saturated rings. The standard InChI is InChI=1S/C18H21N3O2S/c1-11-14(12(2)21(3)20-11)9-18(23)19-10-15(22)17-8-13-6-4-5-7-16(13)24-17/h4-8,15,22H,9-10H2,1-3H3,(H,19,23). The van der Waals surface area contributed by atoms with Crippen molar-refractivity contribution in [2.24, 2.45) is 7.05 Å². The summed E-state index contributed by atoms with van der Waals surface area (Å²) in [6, 6.07) is 9.99. The normalized spacial score (nSPS) is 12.5. The molecule has 6 heteroatoms. The highest BCUT2D eigenvalue weighted by atomic mass is 32.1. The average molecular weight is 343 g/mol. The Morgan fingerprint density at radius 3 is 2.79 bits per heavy atom. The maximum absolute atomic E-state index is 12.2. The van der Waals surface area contributed by atoms with Gasteiger partial charge in [0.2, 0.25) is 5.91 Å². The molecule has 126 valence electrons. The smallest absolute Gasteiger partial charge is 0.224 e. The van der Waals surface area contributed by atoms with Crippen molar-refractivity contribution in [3.05, 3.63) is 52.2 Å². The van der Waals surface area contributed by atoms with Crippen LogP contribution < -0.4 is 5.32 Å². The topological polar surface area (TPSA) is 67.2 Å². The second kappa shape index (κ2) is 6.75. The SMILES string of the molecule is Cc1nn(C)c(C)c1CC(=O)NCC(O)c1cc2ccccc2s1. The van der Waals surface area contributed by atoms with Crippen LogP contribution in [0.25, 0.3) is 10.1 Å². The number of hydrogen-bond acceptors (Lipinski definition) is 4. The van der Waals surface area contributed by atoms with Crippen LogP contribution in [-0.2, 0) is 18.3 Å². The maximum Gasteiger partial charge on any atom is 0.224 e. The lowest BCUT2D eigenvalue weighted by Crippen LogP contribution is -2.29. The molecule has 24 heavy (non-hydrogen) atoms. The molecule has 0 radical (unpaired) electrons. The highest BCUT2D eigenvalue weighted by Gasteiger charge is 2.16. The zero-order chi connectivity index (χ0) is 17.3. The molecule has 3 aromatic rings. The van der Waals surface area contributed by atoms with E-state index in [2.05, 4.69) is 10.4 Å². The Hall–Kier alpha value is -2.18. The first-order valence-corrected chi connectivity index (χ1v) is 8.69. The molecule has 0 aliphatic carbocycles. The van der Waals surface area contributed by atoms with Gasteiger partial charge in [0.25, 0.3) is 0 Å². The van der Waals surface area contributed by atoms with Gasteiger partial charge in [-0.25, -0.2) is 0 Å². The average Bonchev–Trinajstić information content (AvgIpc) is 3.09. The number of amides is 1. The number of aromatic nitrogens is 2. The van der Waals surface area contributed by atoms with E-state index < -0.39 is 6.10 Å². The number of aliphatic hydroxyl groups is 1. The summed E-state index contributed by atoms with van der Waals surface area (Å²) in [4.78, 5) is 13.0. The molecule has 1 unspecified atom stereocenters. The highest BCUT2D eigenvalue weighted by molar-refractivity contribution is 7.19. The minimum atomic E-state index is -0.692. The molecule has 5 nitrogen and oxygen atoms in total. The molecule has 0 saturated heterocycles. The van der Waals surface area contributed by atoms with Gasteiger partial charge in [0, 0.05) is 34.4 Å². The van der Waals surface area contributed by atoms with E-state index in [-0.39, 0.29) is 18.9 Å². The van der Waals surface area contributed by atoms with E-state index in [4.69, 9.17) is 0 Å². The van der Waals surface area contributed by atoms with Gasteiger partial charge in [-0.05, 0) is 31.4 Å². The van der Waals surface area contributed by atoms with Gasteiger partial charge in [-0.3, -0.25) is 9.48 Å². The summed E-state index contributed by atoms with van der Waals surface area (Å²) in [5, 5.41) is 18.6. The lowest BCUT2D eigenvalue weighted by molar-refractivity contribution is -0.120. The second-order valence-electron chi connectivity index (χ2n) is 5.96. The van der Waals surface area contributed by atoms with E-state index >= 15 is 0 Å². The largest absolute Gasteiger partial charge is 0.386 e. The number of nitrogens with one attached hydrogen (secondary N) is 1. The van der Waals surface area contributed by atoms with Crippen molar-refractivity contribution in [1.82, 2.24) is 15.1 Å². The third-order valence-corrected chi connectivity index (χ3v) is 5.48. The molecule has 2 heterocycles. The van der Waals surface area contributed by atoms with Crippen LogP contribution in [0.4, 0.5) is 0 Å². The fourth-order valence-electron chi connectivity index (χ4n) is 2.77. The van der Waals surface area contributed by atoms with Crippen LogP contribution in [0.2, 0.25) is 0 Å². The molecule has 1 atom stereocenters. The lowest BCUT2D eigenvalue weighted by atomic mass is 10.1. The summed E-state index contributed by atoms with van der Waals surface area (Å²) in [6.07, 6.45) is -0.410. The van der Waals surface area contributed by atoms with Gasteiger partial charge in [-0.1, -0.05) is 18.2 Å². The van der Waals surface area contributed by atoms with Crippen molar-refractivity contribution in [1.29, 1.82) is 0 Å². The maximum atomic E-state index is 12.2. The molecule has 0 aliphatic rings. The Morgan fingerprint density at radius 2 is 2.12 bits per heavy atom. The molecule has 0 bridgehead atoms. The number of benzene rings is 1. The van der Waals surface area contributed by atoms with E-state index in [1.54, 1.807) is 16.0 Å². The Bertz CT molecular complexity index is 849. The van der Waals surface area contributed by atoms with Crippen LogP contribution in [0.5, 0.6) is 0 Å². The van der Waals surface area contributed by atoms with Crippen molar-refractivity contribution < 1.29 is 9.90 Å². The number of thiophene rings is 1. The number of carbonyl (C=O) groups is 1. The van der Waals surface area contributed by atoms with Gasteiger partial charge in [0.1, 0.15) is 6.10 Å². The van der Waals surface area contributed by atoms with Gasteiger partial charge in [0.15, 0.2) is 0 Å². The Balaban J connectivity index is 1.61. The number of rotatable bonds is 5. The van der Waals surface area contributed by atoms with Crippen molar-refractivity contribution in [2.75, 3.05) is 6.54 Å². The number of hydrogen-bond donors (Lipinski definition) is 2. The number of nitrogens with zero attached hydrogens (tertiary/aromatic N) is 2. The van der Waals surface area contributed by atoms with E-state index in [1.807, 2.05) is 51.2 Å². The van der Waals surface area contributed by atoms with Gasteiger partial charge < -0.3 is 10.4 Å². The molecule has 3 rings (SSSR count). The predicted molar refractivity (Wildman–Crippen MR) is 96.2 cm³/mol. The first kappa shape index (κ1) is 16.7. The summed E-state index contributed by atoms with van der Waals surface area (Å²) >= 11 is 1.55. The molecule has 2 aromatic heterocycles. The fraction of sp³-hybridized carbons (Fsp3) is 0.333. The van der Waals surface area contributed by atoms with E-state index in [1.165, 1.54) is 0 Å². The monoisotopic (exact) mass is 343 g/mol. The van der Waals surface area contributed by atoms with Gasteiger partial charge >= 0.3 is 0 Å². The minimum absolute atomic E-state index is 0.102. The summed E-state index contributed by atoms with van der Waals surface area (Å²) in [7, 11) is 1.87. The van der Waals surface area contributed by atoms with Gasteiger partial charge in [-0.15, -0.1) is 11.3 Å². The van der Waals surface area contributed by atoms with Crippen LogP contribution in [0.15, 0.2) is 30.3 Å². The fourth-order valence-corrected chi connectivity index (χ4v) is 3.82. The summed E-state index contributed by atoms with van der Waals surface area (Å²) in [5.74, 6) is -0.102. The summed E-state index contributed by atoms with van der Waals surface area (Å²) < 4.78 is 2.92. The zero-order valence-electron chi connectivity index (χ0n) is 14.0. The molecule has 2 N–H and O–H groups in total. The predicted octanol–water partition coefficient (Wildman–Crippen LogP) is 2.64. The van der Waals surface area contributed by atoms with Gasteiger partial charge in [0.05, 0.1) is 12.1 Å². The minimum Gasteiger partial charge on any atom is -0.386 e. The first-order chi connectivity index (χ1) is 11.5. The molecule has 0 aliphatic heterocycles. The van der Waals surface area contributed by atoms with E-state index in [0.29, 0.717) is 0 Å². The van der Waals surface area contributed by atoms with Crippen molar-refractivity contribution in [3.8, 4) is 0 Å². The van der Waals surface area contributed by atoms with Gasteiger partial charge in [-0.2, -0.15) is 5.10 Å². The van der Waals surface area contributed by atoms with E-state index in [0.717, 1.165) is 31.9 Å². The number of fused-ring (bicyclic) bond motifs is 1. The summed E-state index contributed by atoms with van der Waals surface area (Å²) in [5.41, 5.74) is 2.81. The second-order valence-corrected chi connectivity index (χ2v) is 7.07. The van der Waals surface area contributed by atoms with Crippen molar-refractivity contribution in [3.63, 3.8) is 0 Å². The van der Waals surface area contributed by atoms with Crippen LogP contribution >= 0.6 is 11.3 Å². The quantitative estimate of drug-likeness (QED) is 0.748. The van der Waals surface area contributed by atoms with Crippen LogP contribution in [0.1, 0.15) is 27.9 Å². The Morgan fingerprint density at radius 1 is 1.38 bits per heavy atom. The van der Waals surface area contributed by atoms with Crippen LogP contribution in [-0.4, -0.2) is 27.3 Å². The third-order valence-electron chi connectivity index (χ3n) is 4.26. The Labute approximate surface area is 144 Å². The molecular weight excluding hydrogens is 322 g/mol. The zero-order valence-corrected chi connectivity index (χ0v) is 14.9. The molecular formula is C18H21N3O2S. The number of carbonyl (C=O) groups excluding carboxylic acids is 1. The molecule has 1 aromatic carbocycles.